The third kappa shape index (κ3) is 3.62. The van der Waals surface area contributed by atoms with Gasteiger partial charge in [-0.15, -0.1) is 11.3 Å². The molecular weight excluding hydrogens is 266 g/mol. The summed E-state index contributed by atoms with van der Waals surface area (Å²) >= 11 is 1.90. The molecule has 0 spiro atoms. The van der Waals surface area contributed by atoms with Crippen LogP contribution in [0.4, 0.5) is 0 Å². The number of rotatable bonds is 6. The Kier molecular flexibility index (Phi) is 5.21. The summed E-state index contributed by atoms with van der Waals surface area (Å²) in [7, 11) is 1.71. The summed E-state index contributed by atoms with van der Waals surface area (Å²) in [6, 6.07) is 13.4. The molecule has 1 unspecified atom stereocenters. The zero-order valence-electron chi connectivity index (χ0n) is 12.6. The monoisotopic (exact) mass is 289 g/mol. The van der Waals surface area contributed by atoms with E-state index >= 15 is 0 Å². The first-order valence-electron chi connectivity index (χ1n) is 7.12. The van der Waals surface area contributed by atoms with E-state index in [0.29, 0.717) is 12.1 Å². The normalized spacial score (nSPS) is 14.0. The number of hydrogen-bond donors (Lipinski definition) is 1. The van der Waals surface area contributed by atoms with Gasteiger partial charge in [0.2, 0.25) is 0 Å². The highest BCUT2D eigenvalue weighted by atomic mass is 32.1. The van der Waals surface area contributed by atoms with Crippen molar-refractivity contribution in [3.05, 3.63) is 51.7 Å². The van der Waals surface area contributed by atoms with E-state index in [0.717, 1.165) is 12.2 Å². The first-order chi connectivity index (χ1) is 9.63. The molecule has 0 saturated carbocycles. The molecule has 1 N–H and O–H groups in total. The fourth-order valence-corrected chi connectivity index (χ4v) is 3.25. The van der Waals surface area contributed by atoms with E-state index in [2.05, 4.69) is 50.4 Å². The summed E-state index contributed by atoms with van der Waals surface area (Å²) in [5.41, 5.74) is 1.25. The summed E-state index contributed by atoms with van der Waals surface area (Å²) in [5.74, 6) is 0.910. The second-order valence-corrected chi connectivity index (χ2v) is 6.24. The van der Waals surface area contributed by atoms with E-state index < -0.39 is 0 Å². The van der Waals surface area contributed by atoms with Gasteiger partial charge in [-0.25, -0.2) is 0 Å². The molecule has 2 atom stereocenters. The molecule has 1 aromatic carbocycles. The van der Waals surface area contributed by atoms with Crippen LogP contribution in [-0.2, 0) is 6.42 Å². The Bertz CT molecular complexity index is 549. The van der Waals surface area contributed by atoms with Crippen molar-refractivity contribution in [2.24, 2.45) is 0 Å². The Morgan fingerprint density at radius 2 is 1.95 bits per heavy atom. The van der Waals surface area contributed by atoms with Crippen molar-refractivity contribution in [3.8, 4) is 5.75 Å². The minimum absolute atomic E-state index is 0.298. The number of thiophene rings is 1. The van der Waals surface area contributed by atoms with Crippen LogP contribution < -0.4 is 10.1 Å². The lowest BCUT2D eigenvalue weighted by atomic mass is 10.1. The van der Waals surface area contributed by atoms with Gasteiger partial charge < -0.3 is 10.1 Å². The zero-order chi connectivity index (χ0) is 14.5. The molecule has 1 aromatic heterocycles. The van der Waals surface area contributed by atoms with Gasteiger partial charge in [-0.1, -0.05) is 19.1 Å². The van der Waals surface area contributed by atoms with Crippen LogP contribution in [0.1, 0.15) is 48.2 Å². The Morgan fingerprint density at radius 3 is 2.60 bits per heavy atom. The van der Waals surface area contributed by atoms with Gasteiger partial charge in [-0.2, -0.15) is 0 Å². The van der Waals surface area contributed by atoms with Crippen LogP contribution in [-0.4, -0.2) is 7.11 Å². The van der Waals surface area contributed by atoms with E-state index in [1.54, 1.807) is 7.11 Å². The van der Waals surface area contributed by atoms with Crippen molar-refractivity contribution >= 4 is 11.3 Å². The Balaban J connectivity index is 2.04. The van der Waals surface area contributed by atoms with Gasteiger partial charge in [0.1, 0.15) is 5.75 Å². The first kappa shape index (κ1) is 15.1. The summed E-state index contributed by atoms with van der Waals surface area (Å²) in [6.07, 6.45) is 1.11. The van der Waals surface area contributed by atoms with Gasteiger partial charge in [-0.05, 0) is 50.1 Å². The van der Waals surface area contributed by atoms with Crippen LogP contribution in [0.25, 0.3) is 0 Å². The molecule has 1 heterocycles. The standard InChI is InChI=1S/C17H23NOS/c1-5-16-9-10-17(20-16)13(3)18-12(2)14-7-6-8-15(11-14)19-4/h6-13,18H,5H2,1-4H3/t12-,13?/m0/s1. The van der Waals surface area contributed by atoms with Crippen molar-refractivity contribution in [1.82, 2.24) is 5.32 Å². The predicted molar refractivity (Wildman–Crippen MR) is 86.7 cm³/mol. The molecule has 0 saturated heterocycles. The number of benzene rings is 1. The van der Waals surface area contributed by atoms with Crippen LogP contribution in [0.5, 0.6) is 5.75 Å². The van der Waals surface area contributed by atoms with Gasteiger partial charge in [0.15, 0.2) is 0 Å². The van der Waals surface area contributed by atoms with Gasteiger partial charge in [0, 0.05) is 21.8 Å². The molecule has 0 amide bonds. The zero-order valence-corrected chi connectivity index (χ0v) is 13.5. The van der Waals surface area contributed by atoms with E-state index in [1.807, 2.05) is 23.5 Å². The van der Waals surface area contributed by atoms with Crippen molar-refractivity contribution in [2.45, 2.75) is 39.3 Å². The van der Waals surface area contributed by atoms with Gasteiger partial charge >= 0.3 is 0 Å². The molecule has 0 aliphatic heterocycles. The van der Waals surface area contributed by atoms with Gasteiger partial charge in [-0.3, -0.25) is 0 Å². The SMILES string of the molecule is CCc1ccc(C(C)N[C@@H](C)c2cccc(OC)c2)s1. The molecule has 2 aromatic rings. The van der Waals surface area contributed by atoms with Gasteiger partial charge in [0.05, 0.1) is 7.11 Å². The Hall–Kier alpha value is -1.32. The Morgan fingerprint density at radius 1 is 1.15 bits per heavy atom. The van der Waals surface area contributed by atoms with Crippen LogP contribution >= 0.6 is 11.3 Å². The Labute approximate surface area is 125 Å². The smallest absolute Gasteiger partial charge is 0.119 e. The minimum atomic E-state index is 0.298. The first-order valence-corrected chi connectivity index (χ1v) is 7.94. The number of hydrogen-bond acceptors (Lipinski definition) is 3. The lowest BCUT2D eigenvalue weighted by Gasteiger charge is -2.20. The number of aryl methyl sites for hydroxylation is 1. The summed E-state index contributed by atoms with van der Waals surface area (Å²) < 4.78 is 5.29. The van der Waals surface area contributed by atoms with Gasteiger partial charge in [0.25, 0.3) is 0 Å². The second kappa shape index (κ2) is 6.91. The largest absolute Gasteiger partial charge is 0.497 e. The number of nitrogens with one attached hydrogen (secondary N) is 1. The lowest BCUT2D eigenvalue weighted by Crippen LogP contribution is -2.21. The van der Waals surface area contributed by atoms with Crippen LogP contribution in [0, 0.1) is 0 Å². The van der Waals surface area contributed by atoms with Crippen molar-refractivity contribution in [2.75, 3.05) is 7.11 Å². The third-order valence-corrected chi connectivity index (χ3v) is 4.96. The highest BCUT2D eigenvalue weighted by molar-refractivity contribution is 7.12. The highest BCUT2D eigenvalue weighted by Crippen LogP contribution is 2.27. The van der Waals surface area contributed by atoms with E-state index in [1.165, 1.54) is 15.3 Å². The van der Waals surface area contributed by atoms with Crippen molar-refractivity contribution < 1.29 is 4.74 Å². The second-order valence-electron chi connectivity index (χ2n) is 5.04. The quantitative estimate of drug-likeness (QED) is 0.830. The summed E-state index contributed by atoms with van der Waals surface area (Å²) in [6.45, 7) is 6.62. The number of ether oxygens (including phenoxy) is 1. The molecule has 3 heteroatoms. The molecule has 0 radical (unpaired) electrons. The molecule has 2 rings (SSSR count). The van der Waals surface area contributed by atoms with E-state index in [-0.39, 0.29) is 0 Å². The number of methoxy groups -OCH3 is 1. The summed E-state index contributed by atoms with van der Waals surface area (Å²) in [5, 5.41) is 3.66. The van der Waals surface area contributed by atoms with Crippen LogP contribution in [0.3, 0.4) is 0 Å². The predicted octanol–water partition coefficient (Wildman–Crippen LogP) is 4.73. The molecule has 108 valence electrons. The summed E-state index contributed by atoms with van der Waals surface area (Å²) in [4.78, 5) is 2.85. The van der Waals surface area contributed by atoms with Crippen LogP contribution in [0.2, 0.25) is 0 Å². The molecule has 2 nitrogen and oxygen atoms in total. The van der Waals surface area contributed by atoms with E-state index in [4.69, 9.17) is 4.74 Å². The van der Waals surface area contributed by atoms with Crippen molar-refractivity contribution in [1.29, 1.82) is 0 Å². The molecule has 0 bridgehead atoms. The maximum Gasteiger partial charge on any atom is 0.119 e. The van der Waals surface area contributed by atoms with Crippen LogP contribution in [0.15, 0.2) is 36.4 Å². The third-order valence-electron chi connectivity index (χ3n) is 3.55. The molecule has 0 fully saturated rings. The lowest BCUT2D eigenvalue weighted by molar-refractivity contribution is 0.412. The van der Waals surface area contributed by atoms with E-state index in [9.17, 15) is 0 Å². The molecule has 0 aliphatic carbocycles. The topological polar surface area (TPSA) is 21.3 Å². The minimum Gasteiger partial charge on any atom is -0.497 e. The fourth-order valence-electron chi connectivity index (χ4n) is 2.28. The molecule has 0 aliphatic rings. The van der Waals surface area contributed by atoms with Crippen molar-refractivity contribution in [3.63, 3.8) is 0 Å². The molecule has 20 heavy (non-hydrogen) atoms. The molecular formula is C17H23NOS. The average Bonchev–Trinajstić information content (AvgIpc) is 2.96. The maximum absolute atomic E-state index is 5.29. The fraction of sp³-hybridized carbons (Fsp3) is 0.412. The average molecular weight is 289 g/mol. The maximum atomic E-state index is 5.29. The highest BCUT2D eigenvalue weighted by Gasteiger charge is 2.13.